The third-order valence-corrected chi connectivity index (χ3v) is 2.57. The molecule has 0 atom stereocenters. The highest BCUT2D eigenvalue weighted by Gasteiger charge is 2.34. The minimum Gasteiger partial charge on any atom is -0.373 e. The fourth-order valence-electron chi connectivity index (χ4n) is 1.58. The van der Waals surface area contributed by atoms with Crippen LogP contribution >= 0.6 is 0 Å². The second kappa shape index (κ2) is 3.32. The number of hydrogen-bond donors (Lipinski definition) is 0. The summed E-state index contributed by atoms with van der Waals surface area (Å²) in [7, 11) is 0. The van der Waals surface area contributed by atoms with Crippen molar-refractivity contribution in [2.24, 2.45) is 0 Å². The lowest BCUT2D eigenvalue weighted by atomic mass is 9.99. The number of morpholine rings is 1. The lowest BCUT2D eigenvalue weighted by molar-refractivity contribution is -0.102. The average Bonchev–Trinajstić information content (AvgIpc) is 2.03. The molecule has 0 aromatic heterocycles. The lowest BCUT2D eigenvalue weighted by Gasteiger charge is -2.44. The fourth-order valence-corrected chi connectivity index (χ4v) is 1.58. The summed E-state index contributed by atoms with van der Waals surface area (Å²) in [5, 5.41) is 0. The molecule has 1 saturated heterocycles. The summed E-state index contributed by atoms with van der Waals surface area (Å²) >= 11 is 0. The summed E-state index contributed by atoms with van der Waals surface area (Å²) in [6, 6.07) is 0. The van der Waals surface area contributed by atoms with Crippen LogP contribution < -0.4 is 0 Å². The standard InChI is InChI=1S/C11H19NO/c1-6-10(2,3)12-7-8-13-11(4,5)9-12/h1H,7-9H2,2-5H3. The van der Waals surface area contributed by atoms with E-state index in [2.05, 4.69) is 38.5 Å². The van der Waals surface area contributed by atoms with Crippen molar-refractivity contribution >= 4 is 0 Å². The predicted octanol–water partition coefficient (Wildman–Crippen LogP) is 1.51. The number of terminal acetylenes is 1. The highest BCUT2D eigenvalue weighted by Crippen LogP contribution is 2.23. The molecule has 0 aromatic rings. The molecule has 2 nitrogen and oxygen atoms in total. The van der Waals surface area contributed by atoms with Crippen LogP contribution in [0.1, 0.15) is 27.7 Å². The maximum absolute atomic E-state index is 5.62. The van der Waals surface area contributed by atoms with Gasteiger partial charge in [0.25, 0.3) is 0 Å². The van der Waals surface area contributed by atoms with Gasteiger partial charge in [-0.15, -0.1) is 6.42 Å². The van der Waals surface area contributed by atoms with Gasteiger partial charge in [0.15, 0.2) is 0 Å². The Labute approximate surface area is 81.3 Å². The van der Waals surface area contributed by atoms with E-state index in [1.54, 1.807) is 0 Å². The van der Waals surface area contributed by atoms with Crippen molar-refractivity contribution in [3.8, 4) is 12.3 Å². The Hall–Kier alpha value is -0.520. The first-order valence-corrected chi connectivity index (χ1v) is 4.74. The van der Waals surface area contributed by atoms with Gasteiger partial charge in [0.05, 0.1) is 17.7 Å². The molecule has 1 heterocycles. The van der Waals surface area contributed by atoms with E-state index >= 15 is 0 Å². The van der Waals surface area contributed by atoms with Crippen LogP contribution in [0.15, 0.2) is 0 Å². The number of hydrogen-bond acceptors (Lipinski definition) is 2. The Balaban J connectivity index is 2.68. The molecule has 0 aromatic carbocycles. The molecule has 13 heavy (non-hydrogen) atoms. The molecule has 0 radical (unpaired) electrons. The molecule has 0 saturated carbocycles. The van der Waals surface area contributed by atoms with Gasteiger partial charge in [-0.25, -0.2) is 0 Å². The molecule has 0 N–H and O–H groups in total. The van der Waals surface area contributed by atoms with Crippen molar-refractivity contribution in [2.45, 2.75) is 38.8 Å². The fraction of sp³-hybridized carbons (Fsp3) is 0.818. The number of nitrogens with zero attached hydrogens (tertiary/aromatic N) is 1. The smallest absolute Gasteiger partial charge is 0.0767 e. The topological polar surface area (TPSA) is 12.5 Å². The molecule has 0 spiro atoms. The zero-order valence-corrected chi connectivity index (χ0v) is 9.05. The molecular formula is C11H19NO. The van der Waals surface area contributed by atoms with E-state index in [9.17, 15) is 0 Å². The van der Waals surface area contributed by atoms with Gasteiger partial charge < -0.3 is 4.74 Å². The Bertz CT molecular complexity index is 225. The maximum Gasteiger partial charge on any atom is 0.0767 e. The van der Waals surface area contributed by atoms with Gasteiger partial charge in [-0.1, -0.05) is 5.92 Å². The van der Waals surface area contributed by atoms with E-state index in [1.807, 2.05) is 0 Å². The third-order valence-electron chi connectivity index (χ3n) is 2.57. The molecule has 1 aliphatic heterocycles. The quantitative estimate of drug-likeness (QED) is 0.569. The summed E-state index contributed by atoms with van der Waals surface area (Å²) in [4.78, 5) is 2.30. The van der Waals surface area contributed by atoms with Gasteiger partial charge in [-0.3, -0.25) is 4.90 Å². The summed E-state index contributed by atoms with van der Waals surface area (Å²) in [5.74, 6) is 2.82. The SMILES string of the molecule is C#CC(C)(C)N1CCOC(C)(C)C1. The van der Waals surface area contributed by atoms with Gasteiger partial charge in [-0.05, 0) is 27.7 Å². The summed E-state index contributed by atoms with van der Waals surface area (Å²) < 4.78 is 5.62. The van der Waals surface area contributed by atoms with Crippen molar-refractivity contribution in [2.75, 3.05) is 19.7 Å². The normalized spacial score (nSPS) is 23.9. The first kappa shape index (κ1) is 10.6. The Kier molecular flexibility index (Phi) is 2.70. The number of rotatable bonds is 1. The van der Waals surface area contributed by atoms with E-state index in [0.717, 1.165) is 19.7 Å². The van der Waals surface area contributed by atoms with Crippen molar-refractivity contribution in [3.63, 3.8) is 0 Å². The minimum absolute atomic E-state index is 0.0631. The Morgan fingerprint density at radius 1 is 1.46 bits per heavy atom. The van der Waals surface area contributed by atoms with Crippen LogP contribution in [-0.4, -0.2) is 35.7 Å². The van der Waals surface area contributed by atoms with Crippen molar-refractivity contribution < 1.29 is 4.74 Å². The van der Waals surface area contributed by atoms with E-state index in [-0.39, 0.29) is 11.1 Å². The highest BCUT2D eigenvalue weighted by atomic mass is 16.5. The lowest BCUT2D eigenvalue weighted by Crippen LogP contribution is -2.55. The molecule has 1 rings (SSSR count). The molecule has 0 amide bonds. The minimum atomic E-state index is -0.152. The molecule has 1 fully saturated rings. The monoisotopic (exact) mass is 181 g/mol. The second-order valence-corrected chi connectivity index (χ2v) is 4.73. The summed E-state index contributed by atoms with van der Waals surface area (Å²) in [5.41, 5.74) is -0.215. The Morgan fingerprint density at radius 2 is 2.08 bits per heavy atom. The average molecular weight is 181 g/mol. The third kappa shape index (κ3) is 2.46. The van der Waals surface area contributed by atoms with Gasteiger partial charge in [0.2, 0.25) is 0 Å². The summed E-state index contributed by atoms with van der Waals surface area (Å²) in [6.07, 6.45) is 5.49. The first-order chi connectivity index (χ1) is 5.87. The van der Waals surface area contributed by atoms with Crippen molar-refractivity contribution in [1.29, 1.82) is 0 Å². The van der Waals surface area contributed by atoms with E-state index < -0.39 is 0 Å². The van der Waals surface area contributed by atoms with E-state index in [4.69, 9.17) is 11.2 Å². The zero-order chi connectivity index (χ0) is 10.1. The van der Waals surface area contributed by atoms with Gasteiger partial charge in [0.1, 0.15) is 0 Å². The molecule has 1 aliphatic rings. The second-order valence-electron chi connectivity index (χ2n) is 4.73. The molecule has 2 heteroatoms. The van der Waals surface area contributed by atoms with Crippen LogP contribution in [0.4, 0.5) is 0 Å². The van der Waals surface area contributed by atoms with Crippen LogP contribution in [0.25, 0.3) is 0 Å². The van der Waals surface area contributed by atoms with Gasteiger partial charge >= 0.3 is 0 Å². The van der Waals surface area contributed by atoms with Crippen LogP contribution in [0, 0.1) is 12.3 Å². The highest BCUT2D eigenvalue weighted by molar-refractivity contribution is 5.09. The van der Waals surface area contributed by atoms with E-state index in [1.165, 1.54) is 0 Å². The van der Waals surface area contributed by atoms with E-state index in [0.29, 0.717) is 0 Å². The van der Waals surface area contributed by atoms with Crippen molar-refractivity contribution in [3.05, 3.63) is 0 Å². The number of ether oxygens (including phenoxy) is 1. The largest absolute Gasteiger partial charge is 0.373 e. The van der Waals surface area contributed by atoms with Crippen LogP contribution in [0.5, 0.6) is 0 Å². The first-order valence-electron chi connectivity index (χ1n) is 4.74. The van der Waals surface area contributed by atoms with Crippen LogP contribution in [-0.2, 0) is 4.74 Å². The molecular weight excluding hydrogens is 162 g/mol. The zero-order valence-electron chi connectivity index (χ0n) is 9.05. The van der Waals surface area contributed by atoms with Crippen LogP contribution in [0.2, 0.25) is 0 Å². The summed E-state index contributed by atoms with van der Waals surface area (Å²) in [6.45, 7) is 11.0. The van der Waals surface area contributed by atoms with Crippen LogP contribution in [0.3, 0.4) is 0 Å². The van der Waals surface area contributed by atoms with Gasteiger partial charge in [0, 0.05) is 13.1 Å². The Morgan fingerprint density at radius 3 is 2.54 bits per heavy atom. The molecule has 0 unspecified atom stereocenters. The predicted molar refractivity (Wildman–Crippen MR) is 54.5 cm³/mol. The van der Waals surface area contributed by atoms with Gasteiger partial charge in [-0.2, -0.15) is 0 Å². The maximum atomic E-state index is 5.62. The molecule has 0 bridgehead atoms. The molecule has 0 aliphatic carbocycles. The molecule has 74 valence electrons. The van der Waals surface area contributed by atoms with Crippen molar-refractivity contribution in [1.82, 2.24) is 4.90 Å².